The third-order valence-electron chi connectivity index (χ3n) is 5.17. The lowest BCUT2D eigenvalue weighted by Crippen LogP contribution is -2.32. The van der Waals surface area contributed by atoms with Crippen molar-refractivity contribution in [3.63, 3.8) is 0 Å². The van der Waals surface area contributed by atoms with E-state index in [9.17, 15) is 0 Å². The molecular weight excluding hydrogens is 356 g/mol. The van der Waals surface area contributed by atoms with Crippen molar-refractivity contribution in [2.75, 3.05) is 0 Å². The maximum atomic E-state index is 8.55. The van der Waals surface area contributed by atoms with Gasteiger partial charge in [-0.1, -0.05) is 39.7 Å². The van der Waals surface area contributed by atoms with Gasteiger partial charge in [-0.2, -0.15) is 0 Å². The molecule has 3 heteroatoms. The van der Waals surface area contributed by atoms with E-state index >= 15 is 0 Å². The van der Waals surface area contributed by atoms with E-state index in [1.54, 1.807) is 30.8 Å². The van der Waals surface area contributed by atoms with Crippen molar-refractivity contribution in [2.24, 2.45) is 12.9 Å². The predicted molar refractivity (Wildman–Crippen MR) is 120 cm³/mol. The van der Waals surface area contributed by atoms with Crippen molar-refractivity contribution in [3.8, 4) is 11.3 Å². The zero-order valence-electron chi connectivity index (χ0n) is 27.3. The fourth-order valence-corrected chi connectivity index (χ4v) is 3.79. The second-order valence-electron chi connectivity index (χ2n) is 7.53. The Morgan fingerprint density at radius 1 is 1.14 bits per heavy atom. The van der Waals surface area contributed by atoms with E-state index in [4.69, 9.17) is 18.1 Å². The second kappa shape index (κ2) is 7.29. The third kappa shape index (κ3) is 3.43. The van der Waals surface area contributed by atoms with E-state index < -0.39 is 31.9 Å². The monoisotopic (exact) mass is 397 g/mol. The van der Waals surface area contributed by atoms with Gasteiger partial charge in [0, 0.05) is 41.8 Å². The molecule has 0 fully saturated rings. The minimum absolute atomic E-state index is 0.108. The Labute approximate surface area is 187 Å². The van der Waals surface area contributed by atoms with Crippen LogP contribution in [0.3, 0.4) is 0 Å². The van der Waals surface area contributed by atoms with Gasteiger partial charge in [0.1, 0.15) is 7.05 Å². The van der Waals surface area contributed by atoms with Gasteiger partial charge in [0.15, 0.2) is 11.8 Å². The molecule has 0 bridgehead atoms. The van der Waals surface area contributed by atoms with Crippen LogP contribution in [-0.2, 0) is 13.4 Å². The summed E-state index contributed by atoms with van der Waals surface area (Å²) in [5.74, 6) is -4.27. The summed E-state index contributed by atoms with van der Waals surface area (Å²) in [6.07, 6.45) is -0.949. The first-order chi connectivity index (χ1) is 17.6. The van der Waals surface area contributed by atoms with E-state index in [2.05, 4.69) is 4.98 Å². The minimum atomic E-state index is -2.89. The first-order valence-electron chi connectivity index (χ1n) is 14.5. The van der Waals surface area contributed by atoms with Crippen molar-refractivity contribution >= 4 is 22.1 Å². The molecule has 4 aromatic rings. The maximum absolute atomic E-state index is 8.55. The third-order valence-corrected chi connectivity index (χ3v) is 5.17. The fourth-order valence-electron chi connectivity index (χ4n) is 3.79. The lowest BCUT2D eigenvalue weighted by atomic mass is 9.95. The Morgan fingerprint density at radius 3 is 2.69 bits per heavy atom. The summed E-state index contributed by atoms with van der Waals surface area (Å²) < 4.78 is 88.3. The highest BCUT2D eigenvalue weighted by Crippen LogP contribution is 2.37. The number of nitrogens with zero attached hydrogens (tertiary/aromatic N) is 2. The van der Waals surface area contributed by atoms with Gasteiger partial charge in [0.2, 0.25) is 11.4 Å². The van der Waals surface area contributed by atoms with E-state index in [0.717, 1.165) is 23.7 Å². The molecule has 4 rings (SSSR count). The molecule has 2 atom stereocenters. The van der Waals surface area contributed by atoms with Crippen molar-refractivity contribution in [1.82, 2.24) is 4.98 Å². The SMILES string of the molecule is [2H]C([2H])([2H])C([2H])(C)c1c[n+](C)c(-c2c(C)ccc3c2oc2nc(C([2H])([2H])C([2H])(C)C([2H])([2H])[2H])ccc23)cc1C. The van der Waals surface area contributed by atoms with Crippen molar-refractivity contribution in [1.29, 1.82) is 0 Å². The van der Waals surface area contributed by atoms with Crippen molar-refractivity contribution in [3.05, 3.63) is 58.9 Å². The van der Waals surface area contributed by atoms with Crippen LogP contribution < -0.4 is 4.57 Å². The molecule has 29 heavy (non-hydrogen) atoms. The van der Waals surface area contributed by atoms with Gasteiger partial charge in [-0.3, -0.25) is 0 Å². The van der Waals surface area contributed by atoms with Crippen molar-refractivity contribution < 1.29 is 22.7 Å². The molecule has 0 aliphatic carbocycles. The first-order valence-corrected chi connectivity index (χ1v) is 9.47. The Balaban J connectivity index is 1.94. The normalized spacial score (nSPS) is 22.5. The molecule has 0 radical (unpaired) electrons. The number of fused-ring (bicyclic) bond motifs is 3. The van der Waals surface area contributed by atoms with Crippen LogP contribution in [0.2, 0.25) is 0 Å². The predicted octanol–water partition coefficient (Wildman–Crippen LogP) is 6.41. The summed E-state index contributed by atoms with van der Waals surface area (Å²) in [7, 11) is 1.77. The molecule has 0 N–H and O–H groups in total. The van der Waals surface area contributed by atoms with Crippen molar-refractivity contribution in [2.45, 2.75) is 53.7 Å². The topological polar surface area (TPSA) is 29.9 Å². The van der Waals surface area contributed by atoms with Gasteiger partial charge < -0.3 is 4.42 Å². The van der Waals surface area contributed by atoms with Gasteiger partial charge in [0.25, 0.3) is 0 Å². The Bertz CT molecular complexity index is 1600. The molecule has 0 saturated carbocycles. The van der Waals surface area contributed by atoms with Crippen LogP contribution in [0, 0.1) is 19.7 Å². The molecule has 3 nitrogen and oxygen atoms in total. The lowest BCUT2D eigenvalue weighted by Gasteiger charge is -2.11. The molecule has 3 heterocycles. The Hall–Kier alpha value is -2.68. The summed E-state index contributed by atoms with van der Waals surface area (Å²) >= 11 is 0. The Kier molecular flexibility index (Phi) is 2.74. The number of aryl methyl sites for hydroxylation is 3. The molecule has 150 valence electrons. The largest absolute Gasteiger partial charge is 0.437 e. The quantitative estimate of drug-likeness (QED) is 0.372. The smallest absolute Gasteiger partial charge is 0.227 e. The van der Waals surface area contributed by atoms with E-state index in [1.165, 1.54) is 13.0 Å². The molecular formula is C26H31N2O+. The van der Waals surface area contributed by atoms with Gasteiger partial charge >= 0.3 is 0 Å². The summed E-state index contributed by atoms with van der Waals surface area (Å²) in [6, 6.07) is 8.60. The first kappa shape index (κ1) is 10.9. The number of furan rings is 1. The average molecular weight is 398 g/mol. The van der Waals surface area contributed by atoms with Crippen LogP contribution >= 0.6 is 0 Å². The van der Waals surface area contributed by atoms with E-state index in [0.29, 0.717) is 27.5 Å². The van der Waals surface area contributed by atoms with Gasteiger partial charge in [-0.25, -0.2) is 9.55 Å². The fraction of sp³-hybridized carbons (Fsp3) is 0.385. The lowest BCUT2D eigenvalue weighted by molar-refractivity contribution is -0.660. The molecule has 0 spiro atoms. The standard InChI is InChI=1S/C26H31N2O/c1-15(2)12-19-9-11-21-20-10-8-17(5)24(25(20)29-26(21)27-19)23-13-18(6)22(16(3)4)14-28(23)7/h8-11,13-16H,12H2,1-7H3/q+1/i1D3,3D3,12D2,15D,16D. The van der Waals surface area contributed by atoms with Gasteiger partial charge in [0.05, 0.1) is 5.56 Å². The molecule has 0 amide bonds. The second-order valence-corrected chi connectivity index (χ2v) is 7.53. The van der Waals surface area contributed by atoms with Crippen LogP contribution in [0.5, 0.6) is 0 Å². The highest BCUT2D eigenvalue weighted by Gasteiger charge is 2.23. The molecule has 0 saturated heterocycles. The summed E-state index contributed by atoms with van der Waals surface area (Å²) in [6.45, 7) is 0.670. The number of hydrogen-bond donors (Lipinski definition) is 0. The number of benzene rings is 1. The van der Waals surface area contributed by atoms with Gasteiger partial charge in [-0.15, -0.1) is 0 Å². The van der Waals surface area contributed by atoms with Crippen LogP contribution in [0.15, 0.2) is 40.9 Å². The number of rotatable bonds is 4. The number of pyridine rings is 2. The van der Waals surface area contributed by atoms with E-state index in [-0.39, 0.29) is 11.4 Å². The molecule has 0 aliphatic heterocycles. The average Bonchev–Trinajstić information content (AvgIpc) is 3.16. The highest BCUT2D eigenvalue weighted by atomic mass is 16.3. The minimum Gasteiger partial charge on any atom is -0.437 e. The summed E-state index contributed by atoms with van der Waals surface area (Å²) in [5.41, 5.74) is 3.69. The highest BCUT2D eigenvalue weighted by molar-refractivity contribution is 6.08. The summed E-state index contributed by atoms with van der Waals surface area (Å²) in [5, 5.41) is 1.31. The molecule has 2 unspecified atom stereocenters. The number of aromatic nitrogens is 2. The molecule has 3 aromatic heterocycles. The van der Waals surface area contributed by atoms with Crippen LogP contribution in [0.25, 0.3) is 33.3 Å². The summed E-state index contributed by atoms with van der Waals surface area (Å²) in [4.78, 5) is 4.34. The zero-order chi connectivity index (χ0) is 29.5. The molecule has 1 aromatic carbocycles. The number of hydrogen-bond acceptors (Lipinski definition) is 2. The maximum Gasteiger partial charge on any atom is 0.227 e. The van der Waals surface area contributed by atoms with Crippen LogP contribution in [0.1, 0.15) is 69.5 Å². The van der Waals surface area contributed by atoms with E-state index in [1.807, 2.05) is 25.1 Å². The van der Waals surface area contributed by atoms with Crippen LogP contribution in [-0.4, -0.2) is 4.98 Å². The van der Waals surface area contributed by atoms with Gasteiger partial charge in [-0.05, 0) is 55.3 Å². The Morgan fingerprint density at radius 2 is 1.93 bits per heavy atom. The molecule has 0 aliphatic rings. The van der Waals surface area contributed by atoms with Crippen LogP contribution in [0.4, 0.5) is 0 Å². The zero-order valence-corrected chi connectivity index (χ0v) is 17.3.